The lowest BCUT2D eigenvalue weighted by molar-refractivity contribution is 0.768. The third kappa shape index (κ3) is 5.68. The van der Waals surface area contributed by atoms with E-state index in [1.807, 2.05) is 18.3 Å². The highest BCUT2D eigenvalue weighted by molar-refractivity contribution is 7.26. The van der Waals surface area contributed by atoms with Gasteiger partial charge in [0.05, 0.1) is 27.0 Å². The number of hydrogen-bond donors (Lipinski definition) is 0. The zero-order valence-corrected chi connectivity index (χ0v) is 34.4. The van der Waals surface area contributed by atoms with Crippen molar-refractivity contribution in [1.82, 2.24) is 15.0 Å². The van der Waals surface area contributed by atoms with E-state index in [2.05, 4.69) is 206 Å². The van der Waals surface area contributed by atoms with Gasteiger partial charge in [-0.2, -0.15) is 0 Å². The Morgan fingerprint density at radius 1 is 0.387 bits per heavy atom. The molecule has 0 atom stereocenters. The van der Waals surface area contributed by atoms with Crippen LogP contribution in [-0.4, -0.2) is 15.0 Å². The fourth-order valence-electron chi connectivity index (χ4n) is 9.76. The summed E-state index contributed by atoms with van der Waals surface area (Å²) in [5.41, 5.74) is 17.2. The standard InChI is InChI=1S/C58H37N3S/c1-5-18-38(19-6-1)51-37-52(39-20-7-2-8-21-39)61-57(60-51)48-36-40(43-34-35-59-55-47-27-14-16-31-53(47)62-56(43)55)32-33-44(48)45-28-17-30-50-54(45)46-26-13-15-29-49(46)58(50,41-22-9-3-10-23-41)42-24-11-4-12-25-42/h1-37H. The summed E-state index contributed by atoms with van der Waals surface area (Å²) in [4.78, 5) is 15.8. The van der Waals surface area contributed by atoms with Crippen molar-refractivity contribution in [2.24, 2.45) is 0 Å². The van der Waals surface area contributed by atoms with Gasteiger partial charge in [-0.1, -0.05) is 194 Å². The number of benzene rings is 8. The van der Waals surface area contributed by atoms with Crippen LogP contribution < -0.4 is 0 Å². The number of hydrogen-bond acceptors (Lipinski definition) is 4. The Morgan fingerprint density at radius 2 is 0.968 bits per heavy atom. The number of pyridine rings is 1. The predicted octanol–water partition coefficient (Wildman–Crippen LogP) is 14.9. The van der Waals surface area contributed by atoms with Crippen LogP contribution in [0.4, 0.5) is 0 Å². The van der Waals surface area contributed by atoms with Gasteiger partial charge in [-0.15, -0.1) is 11.3 Å². The van der Waals surface area contributed by atoms with Crippen LogP contribution in [0.3, 0.4) is 0 Å². The molecule has 0 unspecified atom stereocenters. The summed E-state index contributed by atoms with van der Waals surface area (Å²) in [6.45, 7) is 0. The van der Waals surface area contributed by atoms with Crippen molar-refractivity contribution in [1.29, 1.82) is 0 Å². The van der Waals surface area contributed by atoms with Crippen molar-refractivity contribution in [3.63, 3.8) is 0 Å². The highest BCUT2D eigenvalue weighted by atomic mass is 32.1. The Kier molecular flexibility index (Phi) is 8.58. The molecule has 0 aliphatic heterocycles. The molecule has 8 aromatic carbocycles. The minimum Gasteiger partial charge on any atom is -0.255 e. The van der Waals surface area contributed by atoms with E-state index in [-0.39, 0.29) is 0 Å². The molecule has 3 heterocycles. The van der Waals surface area contributed by atoms with Crippen molar-refractivity contribution in [3.05, 3.63) is 247 Å². The molecule has 0 radical (unpaired) electrons. The van der Waals surface area contributed by atoms with Crippen LogP contribution in [-0.2, 0) is 5.41 Å². The van der Waals surface area contributed by atoms with E-state index >= 15 is 0 Å². The third-order valence-electron chi connectivity index (χ3n) is 12.5. The lowest BCUT2D eigenvalue weighted by atomic mass is 9.67. The number of nitrogens with zero attached hydrogens (tertiary/aromatic N) is 3. The maximum Gasteiger partial charge on any atom is 0.161 e. The number of fused-ring (bicyclic) bond motifs is 6. The van der Waals surface area contributed by atoms with Gasteiger partial charge in [0.25, 0.3) is 0 Å². The van der Waals surface area contributed by atoms with Crippen LogP contribution in [0.2, 0.25) is 0 Å². The average Bonchev–Trinajstić information content (AvgIpc) is 3.89. The molecule has 0 fully saturated rings. The Bertz CT molecular complexity index is 3350. The Balaban J connectivity index is 1.17. The normalized spacial score (nSPS) is 12.6. The third-order valence-corrected chi connectivity index (χ3v) is 13.7. The summed E-state index contributed by atoms with van der Waals surface area (Å²) < 4.78 is 2.39. The van der Waals surface area contributed by atoms with Gasteiger partial charge in [0, 0.05) is 38.5 Å². The van der Waals surface area contributed by atoms with E-state index in [4.69, 9.17) is 15.0 Å². The molecule has 1 aliphatic rings. The molecule has 4 heteroatoms. The molecule has 62 heavy (non-hydrogen) atoms. The molecule has 0 spiro atoms. The van der Waals surface area contributed by atoms with Crippen LogP contribution >= 0.6 is 11.3 Å². The van der Waals surface area contributed by atoms with Crippen molar-refractivity contribution in [3.8, 4) is 67.3 Å². The van der Waals surface area contributed by atoms with Crippen LogP contribution in [0.25, 0.3) is 87.6 Å². The molecule has 11 aromatic rings. The van der Waals surface area contributed by atoms with E-state index in [0.717, 1.165) is 55.8 Å². The van der Waals surface area contributed by atoms with Crippen LogP contribution in [0.5, 0.6) is 0 Å². The summed E-state index contributed by atoms with van der Waals surface area (Å²) in [5, 5.41) is 1.18. The van der Waals surface area contributed by atoms with Crippen molar-refractivity contribution in [2.45, 2.75) is 5.41 Å². The highest BCUT2D eigenvalue weighted by Gasteiger charge is 2.46. The second-order valence-corrected chi connectivity index (χ2v) is 16.9. The molecule has 0 saturated carbocycles. The quantitative estimate of drug-likeness (QED) is 0.161. The molecule has 12 rings (SSSR count). The SMILES string of the molecule is c1ccc(-c2cc(-c3ccccc3)nc(-c3cc(-c4ccnc5c4sc4ccccc45)ccc3-c3cccc4c3-c3ccccc3C4(c3ccccc3)c3ccccc3)n2)cc1. The topological polar surface area (TPSA) is 38.7 Å². The van der Waals surface area contributed by atoms with Gasteiger partial charge in [-0.05, 0) is 74.3 Å². The first-order valence-corrected chi connectivity index (χ1v) is 21.8. The van der Waals surface area contributed by atoms with Crippen molar-refractivity contribution in [2.75, 3.05) is 0 Å². The van der Waals surface area contributed by atoms with Gasteiger partial charge in [0.1, 0.15) is 0 Å². The molecule has 0 bridgehead atoms. The Hall–Kier alpha value is -7.79. The fourth-order valence-corrected chi connectivity index (χ4v) is 11.0. The minimum atomic E-state index is -0.529. The van der Waals surface area contributed by atoms with Crippen molar-refractivity contribution < 1.29 is 0 Å². The highest BCUT2D eigenvalue weighted by Crippen LogP contribution is 2.59. The molecule has 3 aromatic heterocycles. The monoisotopic (exact) mass is 807 g/mol. The number of rotatable bonds is 7. The second kappa shape index (κ2) is 14.7. The number of aromatic nitrogens is 3. The lowest BCUT2D eigenvalue weighted by Gasteiger charge is -2.34. The molecule has 1 aliphatic carbocycles. The Morgan fingerprint density at radius 3 is 1.66 bits per heavy atom. The first-order chi connectivity index (χ1) is 30.8. The second-order valence-electron chi connectivity index (χ2n) is 15.8. The summed E-state index contributed by atoms with van der Waals surface area (Å²) in [6.07, 6.45) is 1.94. The molecule has 0 saturated heterocycles. The van der Waals surface area contributed by atoms with E-state index in [0.29, 0.717) is 5.82 Å². The molecule has 290 valence electrons. The first-order valence-electron chi connectivity index (χ1n) is 21.0. The average molecular weight is 808 g/mol. The lowest BCUT2D eigenvalue weighted by Crippen LogP contribution is -2.28. The van der Waals surface area contributed by atoms with Crippen molar-refractivity contribution >= 4 is 31.6 Å². The molecule has 3 nitrogen and oxygen atoms in total. The van der Waals surface area contributed by atoms with Gasteiger partial charge in [-0.25, -0.2) is 9.97 Å². The predicted molar refractivity (Wildman–Crippen MR) is 257 cm³/mol. The van der Waals surface area contributed by atoms with E-state index in [1.165, 1.54) is 48.2 Å². The molecule has 0 amide bonds. The summed E-state index contributed by atoms with van der Waals surface area (Å²) in [7, 11) is 0. The maximum absolute atomic E-state index is 5.46. The summed E-state index contributed by atoms with van der Waals surface area (Å²) in [6, 6.07) is 78.4. The van der Waals surface area contributed by atoms with Gasteiger partial charge >= 0.3 is 0 Å². The molecule has 0 N–H and O–H groups in total. The van der Waals surface area contributed by atoms with E-state index in [1.54, 1.807) is 11.3 Å². The van der Waals surface area contributed by atoms with Gasteiger partial charge in [-0.3, -0.25) is 4.98 Å². The van der Waals surface area contributed by atoms with Crippen LogP contribution in [0, 0.1) is 0 Å². The fraction of sp³-hybridized carbons (Fsp3) is 0.0172. The molecular formula is C58H37N3S. The summed E-state index contributed by atoms with van der Waals surface area (Å²) >= 11 is 1.80. The van der Waals surface area contributed by atoms with Gasteiger partial charge in [0.2, 0.25) is 0 Å². The van der Waals surface area contributed by atoms with Crippen LogP contribution in [0.15, 0.2) is 225 Å². The Labute approximate surface area is 364 Å². The van der Waals surface area contributed by atoms with Crippen LogP contribution in [0.1, 0.15) is 22.3 Å². The zero-order chi connectivity index (χ0) is 41.0. The van der Waals surface area contributed by atoms with E-state index in [9.17, 15) is 0 Å². The summed E-state index contributed by atoms with van der Waals surface area (Å²) in [5.74, 6) is 0.671. The van der Waals surface area contributed by atoms with E-state index < -0.39 is 5.41 Å². The first kappa shape index (κ1) is 36.1. The zero-order valence-electron chi connectivity index (χ0n) is 33.6. The molecular weight excluding hydrogens is 771 g/mol. The maximum atomic E-state index is 5.46. The smallest absolute Gasteiger partial charge is 0.161 e. The van der Waals surface area contributed by atoms with Gasteiger partial charge in [0.15, 0.2) is 5.82 Å². The van der Waals surface area contributed by atoms with Gasteiger partial charge < -0.3 is 0 Å². The minimum absolute atomic E-state index is 0.529. The largest absolute Gasteiger partial charge is 0.255 e. The number of thiophene rings is 1.